The molecular formula is C13H17NS. The minimum absolute atomic E-state index is 0.181. The maximum Gasteiger partial charge on any atom is 0.0345 e. The van der Waals surface area contributed by atoms with E-state index in [1.54, 1.807) is 0 Å². The molecule has 0 spiro atoms. The monoisotopic (exact) mass is 219 g/mol. The van der Waals surface area contributed by atoms with Gasteiger partial charge in [-0.25, -0.2) is 0 Å². The van der Waals surface area contributed by atoms with Crippen molar-refractivity contribution in [3.05, 3.63) is 35.2 Å². The van der Waals surface area contributed by atoms with E-state index in [9.17, 15) is 0 Å². The summed E-state index contributed by atoms with van der Waals surface area (Å²) in [4.78, 5) is 1.45. The number of hydrogen-bond acceptors (Lipinski definition) is 2. The highest BCUT2D eigenvalue weighted by atomic mass is 32.1. The van der Waals surface area contributed by atoms with Gasteiger partial charge in [-0.05, 0) is 44.8 Å². The van der Waals surface area contributed by atoms with E-state index >= 15 is 0 Å². The van der Waals surface area contributed by atoms with Crippen LogP contribution in [0, 0.1) is 0 Å². The Labute approximate surface area is 95.1 Å². The molecule has 1 heterocycles. The van der Waals surface area contributed by atoms with Crippen LogP contribution in [0.5, 0.6) is 0 Å². The van der Waals surface area contributed by atoms with E-state index in [1.165, 1.54) is 15.0 Å². The molecule has 80 valence electrons. The van der Waals surface area contributed by atoms with Crippen LogP contribution in [0.15, 0.2) is 30.3 Å². The van der Waals surface area contributed by atoms with E-state index in [4.69, 9.17) is 0 Å². The zero-order valence-corrected chi connectivity index (χ0v) is 10.3. The fraction of sp³-hybridized carbons (Fsp3) is 0.385. The second-order valence-corrected chi connectivity index (χ2v) is 5.73. The molecule has 1 nitrogen and oxygen atoms in total. The van der Waals surface area contributed by atoms with Crippen LogP contribution < -0.4 is 5.32 Å². The molecule has 0 saturated carbocycles. The maximum absolute atomic E-state index is 3.34. The van der Waals surface area contributed by atoms with Gasteiger partial charge < -0.3 is 5.32 Å². The quantitative estimate of drug-likeness (QED) is 0.834. The Morgan fingerprint density at radius 3 is 2.67 bits per heavy atom. The molecule has 0 bridgehead atoms. The Morgan fingerprint density at radius 1 is 1.27 bits per heavy atom. The lowest BCUT2D eigenvalue weighted by molar-refractivity contribution is 0.425. The average Bonchev–Trinajstić information content (AvgIpc) is 2.58. The second kappa shape index (κ2) is 3.95. The van der Waals surface area contributed by atoms with Gasteiger partial charge in [-0.2, -0.15) is 0 Å². The third-order valence-electron chi connectivity index (χ3n) is 2.77. The van der Waals surface area contributed by atoms with Crippen LogP contribution in [0.4, 0.5) is 0 Å². The first-order valence-electron chi connectivity index (χ1n) is 5.27. The normalized spacial score (nSPS) is 12.2. The number of hydrogen-bond donors (Lipinski definition) is 1. The molecule has 1 aromatic carbocycles. The molecule has 1 N–H and O–H groups in total. The van der Waals surface area contributed by atoms with Crippen molar-refractivity contribution in [1.82, 2.24) is 5.32 Å². The molecule has 2 rings (SSSR count). The molecule has 2 aromatic rings. The fourth-order valence-corrected chi connectivity index (χ4v) is 2.94. The molecule has 15 heavy (non-hydrogen) atoms. The molecule has 0 unspecified atom stereocenters. The van der Waals surface area contributed by atoms with Crippen molar-refractivity contribution >= 4 is 21.4 Å². The minimum atomic E-state index is 0.181. The lowest BCUT2D eigenvalue weighted by Gasteiger charge is -2.22. The predicted molar refractivity (Wildman–Crippen MR) is 68.7 cm³/mol. The molecule has 0 fully saturated rings. The van der Waals surface area contributed by atoms with Crippen molar-refractivity contribution in [1.29, 1.82) is 0 Å². The van der Waals surface area contributed by atoms with Crippen LogP contribution in [-0.2, 0) is 6.42 Å². The molecule has 0 amide bonds. The number of fused-ring (bicyclic) bond motifs is 1. The average molecular weight is 219 g/mol. The SMILES string of the molecule is CNC(C)(C)Cc1cc2ccccc2s1. The molecule has 2 heteroatoms. The smallest absolute Gasteiger partial charge is 0.0345 e. The van der Waals surface area contributed by atoms with Gasteiger partial charge in [0.15, 0.2) is 0 Å². The summed E-state index contributed by atoms with van der Waals surface area (Å²) in [5.41, 5.74) is 0.181. The lowest BCUT2D eigenvalue weighted by atomic mass is 10.00. The molecule has 0 radical (unpaired) electrons. The van der Waals surface area contributed by atoms with E-state index in [-0.39, 0.29) is 5.54 Å². The van der Waals surface area contributed by atoms with Crippen molar-refractivity contribution in [2.75, 3.05) is 7.05 Å². The highest BCUT2D eigenvalue weighted by molar-refractivity contribution is 7.19. The largest absolute Gasteiger partial charge is 0.314 e. The lowest BCUT2D eigenvalue weighted by Crippen LogP contribution is -2.38. The highest BCUT2D eigenvalue weighted by Gasteiger charge is 2.16. The van der Waals surface area contributed by atoms with Gasteiger partial charge in [-0.15, -0.1) is 11.3 Å². The predicted octanol–water partition coefficient (Wildman–Crippen LogP) is 3.44. The van der Waals surface area contributed by atoms with E-state index in [0.29, 0.717) is 0 Å². The first kappa shape index (κ1) is 10.7. The van der Waals surface area contributed by atoms with Crippen LogP contribution >= 0.6 is 11.3 Å². The van der Waals surface area contributed by atoms with Gasteiger partial charge in [0.2, 0.25) is 0 Å². The van der Waals surface area contributed by atoms with Gasteiger partial charge in [0.1, 0.15) is 0 Å². The van der Waals surface area contributed by atoms with E-state index in [2.05, 4.69) is 49.5 Å². The first-order valence-corrected chi connectivity index (χ1v) is 6.09. The number of likely N-dealkylation sites (N-methyl/N-ethyl adjacent to an activating group) is 1. The summed E-state index contributed by atoms with van der Waals surface area (Å²) in [6, 6.07) is 10.9. The Morgan fingerprint density at radius 2 is 2.00 bits per heavy atom. The molecular weight excluding hydrogens is 202 g/mol. The number of benzene rings is 1. The third kappa shape index (κ3) is 2.39. The summed E-state index contributed by atoms with van der Waals surface area (Å²) in [6.45, 7) is 4.47. The van der Waals surface area contributed by atoms with Crippen molar-refractivity contribution in [3.8, 4) is 0 Å². The van der Waals surface area contributed by atoms with E-state index < -0.39 is 0 Å². The number of thiophene rings is 1. The summed E-state index contributed by atoms with van der Waals surface area (Å²) < 4.78 is 1.39. The van der Waals surface area contributed by atoms with Crippen molar-refractivity contribution in [3.63, 3.8) is 0 Å². The summed E-state index contributed by atoms with van der Waals surface area (Å²) in [5, 5.41) is 4.71. The maximum atomic E-state index is 3.34. The fourth-order valence-electron chi connectivity index (χ4n) is 1.65. The first-order chi connectivity index (χ1) is 7.11. The van der Waals surface area contributed by atoms with Crippen LogP contribution in [-0.4, -0.2) is 12.6 Å². The van der Waals surface area contributed by atoms with Crippen LogP contribution in [0.1, 0.15) is 18.7 Å². The minimum Gasteiger partial charge on any atom is -0.314 e. The third-order valence-corrected chi connectivity index (χ3v) is 3.89. The van der Waals surface area contributed by atoms with Crippen LogP contribution in [0.25, 0.3) is 10.1 Å². The van der Waals surface area contributed by atoms with Gasteiger partial charge in [0.05, 0.1) is 0 Å². The number of rotatable bonds is 3. The molecule has 0 atom stereocenters. The number of nitrogens with one attached hydrogen (secondary N) is 1. The topological polar surface area (TPSA) is 12.0 Å². The van der Waals surface area contributed by atoms with Crippen LogP contribution in [0.2, 0.25) is 0 Å². The van der Waals surface area contributed by atoms with Gasteiger partial charge in [-0.1, -0.05) is 18.2 Å². The van der Waals surface area contributed by atoms with Crippen molar-refractivity contribution in [2.45, 2.75) is 25.8 Å². The molecule has 0 aliphatic rings. The van der Waals surface area contributed by atoms with Gasteiger partial charge in [0.25, 0.3) is 0 Å². The summed E-state index contributed by atoms with van der Waals surface area (Å²) in [7, 11) is 2.02. The Kier molecular flexibility index (Phi) is 2.81. The van der Waals surface area contributed by atoms with Crippen molar-refractivity contribution in [2.24, 2.45) is 0 Å². The summed E-state index contributed by atoms with van der Waals surface area (Å²) in [6.07, 6.45) is 1.09. The highest BCUT2D eigenvalue weighted by Crippen LogP contribution is 2.27. The molecule has 0 aliphatic carbocycles. The Hall–Kier alpha value is -0.860. The Bertz CT molecular complexity index is 423. The van der Waals surface area contributed by atoms with E-state index in [0.717, 1.165) is 6.42 Å². The molecule has 0 saturated heterocycles. The second-order valence-electron chi connectivity index (χ2n) is 4.56. The summed E-state index contributed by atoms with van der Waals surface area (Å²) >= 11 is 1.90. The van der Waals surface area contributed by atoms with E-state index in [1.807, 2.05) is 18.4 Å². The zero-order valence-electron chi connectivity index (χ0n) is 9.50. The molecule has 0 aliphatic heterocycles. The molecule has 1 aromatic heterocycles. The standard InChI is InChI=1S/C13H17NS/c1-13(2,14-3)9-11-8-10-6-4-5-7-12(10)15-11/h4-8,14H,9H2,1-3H3. The van der Waals surface area contributed by atoms with Gasteiger partial charge in [-0.3, -0.25) is 0 Å². The Balaban J connectivity index is 2.30. The van der Waals surface area contributed by atoms with Gasteiger partial charge >= 0.3 is 0 Å². The summed E-state index contributed by atoms with van der Waals surface area (Å²) in [5.74, 6) is 0. The van der Waals surface area contributed by atoms with Gasteiger partial charge in [0, 0.05) is 15.1 Å². The van der Waals surface area contributed by atoms with Crippen molar-refractivity contribution < 1.29 is 0 Å². The zero-order chi connectivity index (χ0) is 10.9. The van der Waals surface area contributed by atoms with Crippen LogP contribution in [0.3, 0.4) is 0 Å².